The number of nitrogens with zero attached hydrogens (tertiary/aromatic N) is 1. The average Bonchev–Trinajstić information content (AvgIpc) is 3.26. The molecule has 0 radical (unpaired) electrons. The second kappa shape index (κ2) is 8.87. The lowest BCUT2D eigenvalue weighted by Crippen LogP contribution is -2.34. The number of H-pyrrole nitrogens is 1. The predicted octanol–water partition coefficient (Wildman–Crippen LogP) is 4.85. The number of aromatic amines is 1. The summed E-state index contributed by atoms with van der Waals surface area (Å²) >= 11 is 0. The summed E-state index contributed by atoms with van der Waals surface area (Å²) in [5.41, 5.74) is 10.9. The van der Waals surface area contributed by atoms with Gasteiger partial charge in [0.2, 0.25) is 0 Å². The number of benzene rings is 3. The van der Waals surface area contributed by atoms with Crippen LogP contribution in [0.15, 0.2) is 48.5 Å². The zero-order chi connectivity index (χ0) is 22.9. The van der Waals surface area contributed by atoms with Gasteiger partial charge in [0.25, 0.3) is 0 Å². The van der Waals surface area contributed by atoms with Gasteiger partial charge in [-0.2, -0.15) is 0 Å². The van der Waals surface area contributed by atoms with Crippen molar-refractivity contribution in [3.05, 3.63) is 71.0 Å². The number of piperidine rings is 1. The fourth-order valence-corrected chi connectivity index (χ4v) is 4.72. The van der Waals surface area contributed by atoms with E-state index in [1.807, 2.05) is 24.3 Å². The van der Waals surface area contributed by atoms with E-state index in [9.17, 15) is 0 Å². The minimum absolute atomic E-state index is 0.0867. The summed E-state index contributed by atoms with van der Waals surface area (Å²) in [5.74, 6) is 2.30. The molecule has 0 spiro atoms. The van der Waals surface area contributed by atoms with E-state index in [1.54, 1.807) is 0 Å². The highest BCUT2D eigenvalue weighted by molar-refractivity contribution is 6.08. The molecular weight excluding hydrogens is 410 g/mol. The highest BCUT2D eigenvalue weighted by Crippen LogP contribution is 2.34. The maximum Gasteiger partial charge on any atom is 0.125 e. The van der Waals surface area contributed by atoms with E-state index in [0.717, 1.165) is 70.4 Å². The lowest BCUT2D eigenvalue weighted by atomic mass is 9.94. The van der Waals surface area contributed by atoms with Crippen LogP contribution in [0.5, 0.6) is 5.75 Å². The molecule has 0 aliphatic carbocycles. The summed E-state index contributed by atoms with van der Waals surface area (Å²) in [6.07, 6.45) is 2.92. The SMILES string of the molecule is CC(C)c1nc2c(Cc3ccc(C(=N)N)c4ccccc34)c(OC3CCNCC3)ccc2[nH]1. The maximum absolute atomic E-state index is 7.98. The molecule has 1 aromatic heterocycles. The van der Waals surface area contributed by atoms with Gasteiger partial charge in [-0.25, -0.2) is 4.98 Å². The first-order valence-electron chi connectivity index (χ1n) is 11.7. The molecule has 0 bridgehead atoms. The van der Waals surface area contributed by atoms with E-state index in [1.165, 1.54) is 5.56 Å². The molecule has 1 aliphatic rings. The van der Waals surface area contributed by atoms with Crippen LogP contribution in [0, 0.1) is 5.41 Å². The van der Waals surface area contributed by atoms with Gasteiger partial charge in [-0.1, -0.05) is 50.2 Å². The lowest BCUT2D eigenvalue weighted by molar-refractivity contribution is 0.161. The zero-order valence-electron chi connectivity index (χ0n) is 19.2. The molecule has 0 saturated carbocycles. The molecule has 3 aromatic carbocycles. The van der Waals surface area contributed by atoms with E-state index >= 15 is 0 Å². The normalized spacial score (nSPS) is 14.9. The number of rotatable bonds is 6. The molecule has 5 rings (SSSR count). The first kappa shape index (κ1) is 21.5. The molecule has 33 heavy (non-hydrogen) atoms. The fourth-order valence-electron chi connectivity index (χ4n) is 4.72. The van der Waals surface area contributed by atoms with Crippen molar-refractivity contribution in [2.75, 3.05) is 13.1 Å². The number of nitrogens with one attached hydrogen (secondary N) is 3. The summed E-state index contributed by atoms with van der Waals surface area (Å²) in [4.78, 5) is 8.48. The second-order valence-electron chi connectivity index (χ2n) is 9.19. The molecular formula is C27H31N5O. The highest BCUT2D eigenvalue weighted by atomic mass is 16.5. The van der Waals surface area contributed by atoms with Crippen molar-refractivity contribution in [1.82, 2.24) is 15.3 Å². The van der Waals surface area contributed by atoms with Crippen LogP contribution in [0.1, 0.15) is 55.1 Å². The van der Waals surface area contributed by atoms with Crippen molar-refractivity contribution in [2.24, 2.45) is 5.73 Å². The predicted molar refractivity (Wildman–Crippen MR) is 134 cm³/mol. The van der Waals surface area contributed by atoms with Crippen molar-refractivity contribution in [2.45, 2.75) is 45.1 Å². The standard InChI is InChI=1S/C27H31N5O/c1-16(2)27-31-23-9-10-24(33-18-11-13-30-14-12-18)22(25(23)32-27)15-17-7-8-21(26(28)29)20-6-4-3-5-19(17)20/h3-10,16,18,30H,11-15H2,1-2H3,(H3,28,29)(H,31,32). The minimum atomic E-state index is 0.0867. The number of nitrogens with two attached hydrogens (primary N) is 1. The Hall–Kier alpha value is -3.38. The van der Waals surface area contributed by atoms with Gasteiger partial charge >= 0.3 is 0 Å². The number of amidine groups is 1. The molecule has 1 saturated heterocycles. The Labute approximate surface area is 194 Å². The van der Waals surface area contributed by atoms with Gasteiger partial charge in [0, 0.05) is 23.5 Å². The average molecular weight is 442 g/mol. The molecule has 0 atom stereocenters. The number of aromatic nitrogens is 2. The summed E-state index contributed by atoms with van der Waals surface area (Å²) in [5, 5.41) is 13.5. The van der Waals surface area contributed by atoms with Gasteiger partial charge in [-0.05, 0) is 54.4 Å². The number of hydrogen-bond acceptors (Lipinski definition) is 4. The Morgan fingerprint density at radius 2 is 1.85 bits per heavy atom. The van der Waals surface area contributed by atoms with Crippen molar-refractivity contribution >= 4 is 27.6 Å². The molecule has 0 amide bonds. The van der Waals surface area contributed by atoms with Crippen LogP contribution in [0.2, 0.25) is 0 Å². The van der Waals surface area contributed by atoms with Crippen molar-refractivity contribution in [3.63, 3.8) is 0 Å². The van der Waals surface area contributed by atoms with Crippen LogP contribution in [0.3, 0.4) is 0 Å². The van der Waals surface area contributed by atoms with Gasteiger partial charge in [0.05, 0.1) is 11.0 Å². The fraction of sp³-hybridized carbons (Fsp3) is 0.333. The van der Waals surface area contributed by atoms with Gasteiger partial charge in [-0.3, -0.25) is 5.41 Å². The third-order valence-electron chi connectivity index (χ3n) is 6.53. The lowest BCUT2D eigenvalue weighted by Gasteiger charge is -2.25. The number of nitrogen functional groups attached to an aromatic ring is 1. The van der Waals surface area contributed by atoms with Crippen molar-refractivity contribution < 1.29 is 4.74 Å². The third kappa shape index (κ3) is 4.18. The number of imidazole rings is 1. The summed E-state index contributed by atoms with van der Waals surface area (Å²) in [7, 11) is 0. The van der Waals surface area contributed by atoms with Crippen LogP contribution in [-0.2, 0) is 6.42 Å². The molecule has 1 fully saturated rings. The van der Waals surface area contributed by atoms with E-state index in [0.29, 0.717) is 12.3 Å². The van der Waals surface area contributed by atoms with Gasteiger partial charge in [0.15, 0.2) is 0 Å². The van der Waals surface area contributed by atoms with Crippen LogP contribution in [0.4, 0.5) is 0 Å². The summed E-state index contributed by atoms with van der Waals surface area (Å²) in [6.45, 7) is 6.27. The van der Waals surface area contributed by atoms with E-state index in [4.69, 9.17) is 20.9 Å². The molecule has 2 heterocycles. The first-order chi connectivity index (χ1) is 16.0. The highest BCUT2D eigenvalue weighted by Gasteiger charge is 2.21. The quantitative estimate of drug-likeness (QED) is 0.254. The summed E-state index contributed by atoms with van der Waals surface area (Å²) in [6, 6.07) is 16.4. The van der Waals surface area contributed by atoms with E-state index in [2.05, 4.69) is 48.4 Å². The third-order valence-corrected chi connectivity index (χ3v) is 6.53. The van der Waals surface area contributed by atoms with E-state index in [-0.39, 0.29) is 11.9 Å². The van der Waals surface area contributed by atoms with Gasteiger partial charge in [-0.15, -0.1) is 0 Å². The summed E-state index contributed by atoms with van der Waals surface area (Å²) < 4.78 is 6.56. The van der Waals surface area contributed by atoms with Crippen LogP contribution in [-0.4, -0.2) is 35.0 Å². The van der Waals surface area contributed by atoms with E-state index < -0.39 is 0 Å². The monoisotopic (exact) mass is 441 g/mol. The molecule has 4 aromatic rings. The molecule has 0 unspecified atom stereocenters. The second-order valence-corrected chi connectivity index (χ2v) is 9.19. The van der Waals surface area contributed by atoms with Gasteiger partial charge in [0.1, 0.15) is 23.5 Å². The van der Waals surface area contributed by atoms with Gasteiger partial charge < -0.3 is 20.8 Å². The molecule has 170 valence electrons. The largest absolute Gasteiger partial charge is 0.490 e. The Balaban J connectivity index is 1.63. The number of ether oxygens (including phenoxy) is 1. The molecule has 6 nitrogen and oxygen atoms in total. The number of fused-ring (bicyclic) bond motifs is 2. The first-order valence-corrected chi connectivity index (χ1v) is 11.7. The smallest absolute Gasteiger partial charge is 0.125 e. The number of hydrogen-bond donors (Lipinski definition) is 4. The Morgan fingerprint density at radius 1 is 1.09 bits per heavy atom. The zero-order valence-corrected chi connectivity index (χ0v) is 19.2. The van der Waals surface area contributed by atoms with Crippen LogP contribution < -0.4 is 15.8 Å². The van der Waals surface area contributed by atoms with Crippen LogP contribution >= 0.6 is 0 Å². The maximum atomic E-state index is 7.98. The Morgan fingerprint density at radius 3 is 2.58 bits per heavy atom. The molecule has 6 heteroatoms. The van der Waals surface area contributed by atoms with Crippen LogP contribution in [0.25, 0.3) is 21.8 Å². The topological polar surface area (TPSA) is 99.8 Å². The minimum Gasteiger partial charge on any atom is -0.490 e. The molecule has 1 aliphatic heterocycles. The Kier molecular flexibility index (Phi) is 5.77. The molecule has 5 N–H and O–H groups in total. The van der Waals surface area contributed by atoms with Crippen molar-refractivity contribution in [3.8, 4) is 5.75 Å². The Bertz CT molecular complexity index is 1320. The van der Waals surface area contributed by atoms with Crippen molar-refractivity contribution in [1.29, 1.82) is 5.41 Å².